The van der Waals surface area contributed by atoms with E-state index in [1.54, 1.807) is 18.3 Å². The molecule has 0 bridgehead atoms. The molecule has 3 radical (unpaired) electrons. The van der Waals surface area contributed by atoms with Crippen molar-refractivity contribution in [1.82, 2.24) is 44.9 Å². The van der Waals surface area contributed by atoms with Crippen LogP contribution in [0, 0.1) is 0 Å². The van der Waals surface area contributed by atoms with Crippen LogP contribution in [0.3, 0.4) is 0 Å². The maximum absolute atomic E-state index is 9.08. The Bertz CT molecular complexity index is 5120. The van der Waals surface area contributed by atoms with Crippen molar-refractivity contribution >= 4 is 124 Å². The van der Waals surface area contributed by atoms with Crippen LogP contribution >= 0.6 is 58.0 Å². The summed E-state index contributed by atoms with van der Waals surface area (Å²) in [4.78, 5) is 38.7. The summed E-state index contributed by atoms with van der Waals surface area (Å²) in [5.41, 5.74) is 13.6. The summed E-state index contributed by atoms with van der Waals surface area (Å²) in [5.74, 6) is 0.682. The van der Waals surface area contributed by atoms with E-state index in [0.29, 0.717) is 16.4 Å². The maximum atomic E-state index is 9.08. The van der Waals surface area contributed by atoms with Gasteiger partial charge in [-0.2, -0.15) is 0 Å². The fourth-order valence-electron chi connectivity index (χ4n) is 11.1. The Kier molecular flexibility index (Phi) is 25.5. The Hall–Kier alpha value is -10.1. The molecule has 1 aliphatic heterocycles. The van der Waals surface area contributed by atoms with Crippen molar-refractivity contribution in [3.05, 3.63) is 318 Å². The van der Waals surface area contributed by atoms with Gasteiger partial charge < -0.3 is 19.4 Å². The summed E-state index contributed by atoms with van der Waals surface area (Å²) in [6.45, 7) is 8.26. The molecular weight excluding hydrogens is 1380 g/mol. The second-order valence-electron chi connectivity index (χ2n) is 24.1. The van der Waals surface area contributed by atoms with Gasteiger partial charge in [0.05, 0.1) is 45.4 Å². The number of nitrogens with zero attached hydrogens (tertiary/aromatic N) is 9. The molecule has 6 aromatic heterocycles. The summed E-state index contributed by atoms with van der Waals surface area (Å²) in [6.07, 6.45) is 5.43. The van der Waals surface area contributed by atoms with Gasteiger partial charge in [0.2, 0.25) is 10.6 Å². The molecule has 13 nitrogen and oxygen atoms in total. The first-order valence-electron chi connectivity index (χ1n) is 32.1. The van der Waals surface area contributed by atoms with E-state index >= 15 is 0 Å². The van der Waals surface area contributed by atoms with Crippen molar-refractivity contribution in [3.8, 4) is 78.9 Å². The highest BCUT2D eigenvalue weighted by Gasteiger charge is 2.51. The highest BCUT2D eigenvalue weighted by atomic mass is 35.5. The molecule has 21 heteroatoms. The monoisotopic (exact) mass is 1450 g/mol. The molecule has 9 aromatic carbocycles. The smallest absolute Gasteiger partial charge is 0.423 e. The minimum atomic E-state index is -1.40. The highest BCUT2D eigenvalue weighted by Crippen LogP contribution is 2.38. The minimum Gasteiger partial charge on any atom is -0.423 e. The lowest BCUT2D eigenvalue weighted by molar-refractivity contribution is 0.00578. The van der Waals surface area contributed by atoms with Crippen LogP contribution in [0.4, 0.5) is 0 Å². The predicted molar refractivity (Wildman–Crippen MR) is 426 cm³/mol. The Morgan fingerprint density at radius 1 is 0.340 bits per heavy atom. The molecule has 507 valence electrons. The zero-order valence-corrected chi connectivity index (χ0v) is 59.4. The third-order valence-electron chi connectivity index (χ3n) is 16.9. The average molecular weight is 1450 g/mol. The Morgan fingerprint density at radius 2 is 0.689 bits per heavy atom. The van der Waals surface area contributed by atoms with Crippen LogP contribution in [0.1, 0.15) is 35.1 Å². The number of fused-ring (bicyclic) bond motifs is 3. The van der Waals surface area contributed by atoms with Gasteiger partial charge in [0.15, 0.2) is 5.82 Å². The molecule has 0 aliphatic carbocycles. The van der Waals surface area contributed by atoms with Crippen LogP contribution in [0.2, 0.25) is 26.0 Å². The number of pyridine rings is 3. The Balaban J connectivity index is 0.000000152. The fourth-order valence-corrected chi connectivity index (χ4v) is 12.2. The first-order chi connectivity index (χ1) is 48.9. The number of benzene rings is 9. The van der Waals surface area contributed by atoms with Gasteiger partial charge in [-0.15, -0.1) is 0 Å². The zero-order chi connectivity index (χ0) is 70.5. The van der Waals surface area contributed by atoms with Crippen LogP contribution in [0.15, 0.2) is 292 Å². The summed E-state index contributed by atoms with van der Waals surface area (Å²) in [6, 6.07) is 90.0. The standard InChI is InChI=1S/C36H24N4.C17H20BNO2.C14H8Cl2N2.C10H9BO2.C4HCl3N2.CH4.B/c1-2-10-30-25(8-1)9-7-11-31(30)35-24-34(28-16-14-26(15-17-28)32-12-3-5-22-37-32)39-36(40-35)29-20-18-27(19-21-29)33-13-4-6-23-38-33;1-16(2)17(3,4)21-18(20-16)14-10-8-13(9-11-14)15-7-5-6-12-19-15;15-13-8-12(17-14(16)18-13)11-7-3-5-9-4-1-2-6-10(9)11;12-11(13)10-7-3-5-8-4-1-2-6-9(8)10;5-2-1-3(6)9-4(7)8-2;;/h1-24H;5-12H,1-4H3;1-8H;1-7,12-13H;1H;1H4;. The van der Waals surface area contributed by atoms with Crippen LogP contribution in [0.5, 0.6) is 0 Å². The van der Waals surface area contributed by atoms with E-state index in [9.17, 15) is 0 Å². The lowest BCUT2D eigenvalue weighted by atomic mass is 9.77. The second kappa shape index (κ2) is 34.7. The van der Waals surface area contributed by atoms with Gasteiger partial charge in [0, 0.05) is 78.1 Å². The topological polar surface area (TPSA) is 175 Å². The summed E-state index contributed by atoms with van der Waals surface area (Å²) in [7, 11) is -1.71. The van der Waals surface area contributed by atoms with Crippen molar-refractivity contribution < 1.29 is 19.4 Å². The van der Waals surface area contributed by atoms with E-state index < -0.39 is 7.12 Å². The van der Waals surface area contributed by atoms with E-state index in [4.69, 9.17) is 87.3 Å². The summed E-state index contributed by atoms with van der Waals surface area (Å²) < 4.78 is 12.1. The van der Waals surface area contributed by atoms with Gasteiger partial charge in [0.1, 0.15) is 15.5 Å². The first-order valence-corrected chi connectivity index (χ1v) is 34.0. The van der Waals surface area contributed by atoms with Crippen LogP contribution in [-0.4, -0.2) is 88.8 Å². The molecule has 103 heavy (non-hydrogen) atoms. The van der Waals surface area contributed by atoms with Crippen molar-refractivity contribution in [2.75, 3.05) is 0 Å². The molecule has 16 rings (SSSR count). The van der Waals surface area contributed by atoms with Gasteiger partial charge in [-0.05, 0) is 137 Å². The molecule has 1 fully saturated rings. The van der Waals surface area contributed by atoms with Gasteiger partial charge in [-0.1, -0.05) is 261 Å². The van der Waals surface area contributed by atoms with Crippen LogP contribution in [-0.2, 0) is 9.31 Å². The molecule has 0 atom stereocenters. The SMILES string of the molecule is C.CC1(C)OB(c2ccc(-c3ccccn3)cc2)OC1(C)C.Clc1cc(-c2cccc3ccccc23)nc(Cl)n1.Clc1cc(Cl)nc(Cl)n1.OB(O)c1cccc2ccccc12.[B].c1ccc(-c2ccc(-c3cc(-c4cccc5ccccc45)nc(-c4ccc(-c5ccccn5)cc4)n3)cc2)nc1. The number of hydrogen-bond donors (Lipinski definition) is 2. The van der Waals surface area contributed by atoms with Gasteiger partial charge in [-0.25, -0.2) is 29.9 Å². The maximum Gasteiger partial charge on any atom is 0.494 e. The van der Waals surface area contributed by atoms with Crippen molar-refractivity contribution in [2.24, 2.45) is 0 Å². The quantitative estimate of drug-likeness (QED) is 0.0794. The third-order valence-corrected chi connectivity index (χ3v) is 17.8. The second-order valence-corrected chi connectivity index (χ2v) is 25.9. The van der Waals surface area contributed by atoms with E-state index in [0.717, 1.165) is 106 Å². The van der Waals surface area contributed by atoms with Gasteiger partial charge >= 0.3 is 14.2 Å². The van der Waals surface area contributed by atoms with Crippen LogP contribution in [0.25, 0.3) is 111 Å². The van der Waals surface area contributed by atoms with Crippen molar-refractivity contribution in [2.45, 2.75) is 46.3 Å². The molecule has 1 aliphatic rings. The molecule has 0 unspecified atom stereocenters. The molecule has 0 amide bonds. The van der Waals surface area contributed by atoms with Crippen molar-refractivity contribution in [3.63, 3.8) is 0 Å². The van der Waals surface area contributed by atoms with E-state index in [2.05, 4.69) is 190 Å². The molecular formula is C82H66B3Cl5N9O4. The van der Waals surface area contributed by atoms with E-state index in [1.165, 1.54) is 11.5 Å². The third kappa shape index (κ3) is 19.0. The van der Waals surface area contributed by atoms with Gasteiger partial charge in [-0.3, -0.25) is 15.0 Å². The molecule has 0 spiro atoms. The lowest BCUT2D eigenvalue weighted by Crippen LogP contribution is -2.41. The number of aromatic nitrogens is 9. The largest absolute Gasteiger partial charge is 0.494 e. The minimum absolute atomic E-state index is 0. The lowest BCUT2D eigenvalue weighted by Gasteiger charge is -2.32. The summed E-state index contributed by atoms with van der Waals surface area (Å²) >= 11 is 28.0. The van der Waals surface area contributed by atoms with E-state index in [-0.39, 0.29) is 55.0 Å². The van der Waals surface area contributed by atoms with E-state index in [1.807, 2.05) is 140 Å². The molecule has 15 aromatic rings. The average Bonchev–Trinajstić information content (AvgIpc) is 1.29. The highest BCUT2D eigenvalue weighted by molar-refractivity contribution is 6.62. The molecule has 0 saturated carbocycles. The molecule has 7 heterocycles. The zero-order valence-electron chi connectivity index (χ0n) is 55.6. The number of hydrogen-bond acceptors (Lipinski definition) is 13. The van der Waals surface area contributed by atoms with Crippen molar-refractivity contribution in [1.29, 1.82) is 0 Å². The van der Waals surface area contributed by atoms with Crippen LogP contribution < -0.4 is 10.9 Å². The fraction of sp³-hybridized carbons (Fsp3) is 0.0854. The molecule has 2 N–H and O–H groups in total. The Morgan fingerprint density at radius 3 is 1.12 bits per heavy atom. The normalized spacial score (nSPS) is 12.3. The summed E-state index contributed by atoms with van der Waals surface area (Å²) in [5, 5.41) is 25.7. The predicted octanol–water partition coefficient (Wildman–Crippen LogP) is 19.6. The van der Waals surface area contributed by atoms with Gasteiger partial charge in [0.25, 0.3) is 0 Å². The molecule has 1 saturated heterocycles. The number of halogens is 5. The first kappa shape index (κ1) is 75.6. The number of rotatable bonds is 9. The Labute approximate surface area is 626 Å².